The predicted molar refractivity (Wildman–Crippen MR) is 112 cm³/mol. The number of rotatable bonds is 6. The maximum atomic E-state index is 12.8. The van der Waals surface area contributed by atoms with Crippen molar-refractivity contribution in [2.45, 2.75) is 20.4 Å². The van der Waals surface area contributed by atoms with Gasteiger partial charge in [-0.2, -0.15) is 5.10 Å². The Kier molecular flexibility index (Phi) is 6.19. The van der Waals surface area contributed by atoms with Crippen molar-refractivity contribution in [1.29, 1.82) is 0 Å². The zero-order valence-corrected chi connectivity index (χ0v) is 16.2. The van der Waals surface area contributed by atoms with Gasteiger partial charge in [0.1, 0.15) is 0 Å². The van der Waals surface area contributed by atoms with Crippen molar-refractivity contribution in [1.82, 2.24) is 9.78 Å². The van der Waals surface area contributed by atoms with E-state index in [0.29, 0.717) is 29.6 Å². The van der Waals surface area contributed by atoms with E-state index in [1.54, 1.807) is 68.5 Å². The van der Waals surface area contributed by atoms with Gasteiger partial charge in [-0.05, 0) is 43.7 Å². The number of anilines is 1. The lowest BCUT2D eigenvalue weighted by Gasteiger charge is -2.10. The second kappa shape index (κ2) is 8.97. The van der Waals surface area contributed by atoms with Gasteiger partial charge in [-0.15, -0.1) is 0 Å². The number of esters is 1. The molecule has 0 aliphatic heterocycles. The van der Waals surface area contributed by atoms with Gasteiger partial charge < -0.3 is 10.1 Å². The van der Waals surface area contributed by atoms with Crippen molar-refractivity contribution < 1.29 is 14.3 Å². The molecule has 7 nitrogen and oxygen atoms in total. The molecule has 148 valence electrons. The van der Waals surface area contributed by atoms with Crippen LogP contribution in [-0.2, 0) is 16.1 Å². The van der Waals surface area contributed by atoms with Crippen LogP contribution in [0, 0.1) is 0 Å². The zero-order chi connectivity index (χ0) is 20.8. The summed E-state index contributed by atoms with van der Waals surface area (Å²) in [5, 5.41) is 7.99. The summed E-state index contributed by atoms with van der Waals surface area (Å²) >= 11 is 0. The van der Waals surface area contributed by atoms with E-state index in [2.05, 4.69) is 10.4 Å². The molecule has 0 saturated carbocycles. The van der Waals surface area contributed by atoms with Crippen LogP contribution in [0.1, 0.15) is 29.9 Å². The Morgan fingerprint density at radius 3 is 2.41 bits per heavy atom. The number of nitrogens with one attached hydrogen (secondary N) is 1. The summed E-state index contributed by atoms with van der Waals surface area (Å²) in [6, 6.07) is 13.9. The van der Waals surface area contributed by atoms with Crippen LogP contribution in [0.2, 0.25) is 0 Å². The summed E-state index contributed by atoms with van der Waals surface area (Å²) < 4.78 is 6.12. The Hall–Kier alpha value is -3.74. The lowest BCUT2D eigenvalue weighted by molar-refractivity contribution is -0.137. The highest BCUT2D eigenvalue weighted by Gasteiger charge is 2.16. The lowest BCUT2D eigenvalue weighted by Crippen LogP contribution is -2.27. The molecule has 0 saturated heterocycles. The van der Waals surface area contributed by atoms with Crippen LogP contribution in [0.15, 0.2) is 59.4 Å². The first-order chi connectivity index (χ1) is 14.0. The molecule has 0 unspecified atom stereocenters. The number of fused-ring (bicyclic) bond motifs is 1. The zero-order valence-electron chi connectivity index (χ0n) is 16.2. The van der Waals surface area contributed by atoms with E-state index < -0.39 is 11.9 Å². The minimum absolute atomic E-state index is 0.188. The van der Waals surface area contributed by atoms with Gasteiger partial charge in [0.25, 0.3) is 11.5 Å². The quantitative estimate of drug-likeness (QED) is 0.515. The number of benzene rings is 2. The van der Waals surface area contributed by atoms with E-state index >= 15 is 0 Å². The first-order valence-corrected chi connectivity index (χ1v) is 9.29. The predicted octanol–water partition coefficient (Wildman–Crippen LogP) is 3.25. The molecule has 2 aromatic carbocycles. The SMILES string of the molecule is CCOC(=O)/C=C/c1ccc(NC(=O)c2nn(CC)c(=O)c3ccccc23)cc1. The Labute approximate surface area is 167 Å². The number of aryl methyl sites for hydroxylation is 1. The highest BCUT2D eigenvalue weighted by atomic mass is 16.5. The highest BCUT2D eigenvalue weighted by molar-refractivity contribution is 6.11. The second-order valence-electron chi connectivity index (χ2n) is 6.18. The average Bonchev–Trinajstić information content (AvgIpc) is 2.74. The minimum Gasteiger partial charge on any atom is -0.463 e. The topological polar surface area (TPSA) is 90.3 Å². The number of hydrogen-bond donors (Lipinski definition) is 1. The number of nitrogens with zero attached hydrogens (tertiary/aromatic N) is 2. The fraction of sp³-hybridized carbons (Fsp3) is 0.182. The molecule has 1 N–H and O–H groups in total. The number of carbonyl (C=O) groups excluding carboxylic acids is 2. The summed E-state index contributed by atoms with van der Waals surface area (Å²) in [5.41, 5.74) is 1.33. The standard InChI is InChI=1S/C22H21N3O4/c1-3-25-22(28)18-8-6-5-7-17(18)20(24-25)21(27)23-16-12-9-15(10-13-16)11-14-19(26)29-4-2/h5-14H,3-4H2,1-2H3,(H,23,27)/b14-11+. The molecule has 3 aromatic rings. The average molecular weight is 391 g/mol. The third-order valence-corrected chi connectivity index (χ3v) is 4.25. The molecule has 0 fully saturated rings. The van der Waals surface area contributed by atoms with Crippen LogP contribution in [0.25, 0.3) is 16.8 Å². The van der Waals surface area contributed by atoms with Crippen molar-refractivity contribution in [3.63, 3.8) is 0 Å². The molecule has 29 heavy (non-hydrogen) atoms. The molecular weight excluding hydrogens is 370 g/mol. The van der Waals surface area contributed by atoms with Gasteiger partial charge >= 0.3 is 5.97 Å². The van der Waals surface area contributed by atoms with Crippen LogP contribution in [0.4, 0.5) is 5.69 Å². The van der Waals surface area contributed by atoms with Crippen molar-refractivity contribution in [2.24, 2.45) is 0 Å². The number of ether oxygens (including phenoxy) is 1. The highest BCUT2D eigenvalue weighted by Crippen LogP contribution is 2.16. The van der Waals surface area contributed by atoms with Gasteiger partial charge in [-0.1, -0.05) is 30.3 Å². The molecule has 0 radical (unpaired) electrons. The van der Waals surface area contributed by atoms with E-state index in [-0.39, 0.29) is 11.3 Å². The normalized spacial score (nSPS) is 11.0. The summed E-state index contributed by atoms with van der Waals surface area (Å²) in [5.74, 6) is -0.813. The van der Waals surface area contributed by atoms with Gasteiger partial charge in [0.2, 0.25) is 0 Å². The Balaban J connectivity index is 1.83. The van der Waals surface area contributed by atoms with Gasteiger partial charge in [-0.3, -0.25) is 9.59 Å². The van der Waals surface area contributed by atoms with Crippen LogP contribution in [0.5, 0.6) is 0 Å². The number of aromatic nitrogens is 2. The number of amides is 1. The van der Waals surface area contributed by atoms with E-state index in [1.807, 2.05) is 0 Å². The third-order valence-electron chi connectivity index (χ3n) is 4.25. The van der Waals surface area contributed by atoms with Crippen molar-refractivity contribution in [3.05, 3.63) is 76.2 Å². The molecule has 0 bridgehead atoms. The molecule has 0 aliphatic rings. The smallest absolute Gasteiger partial charge is 0.330 e. The molecule has 0 spiro atoms. The molecule has 3 rings (SSSR count). The monoisotopic (exact) mass is 391 g/mol. The summed E-state index contributed by atoms with van der Waals surface area (Å²) in [7, 11) is 0. The Morgan fingerprint density at radius 2 is 1.76 bits per heavy atom. The first-order valence-electron chi connectivity index (χ1n) is 9.29. The van der Waals surface area contributed by atoms with Gasteiger partial charge in [0.15, 0.2) is 5.69 Å². The molecule has 0 aliphatic carbocycles. The number of carbonyl (C=O) groups is 2. The van der Waals surface area contributed by atoms with Crippen LogP contribution in [0.3, 0.4) is 0 Å². The van der Waals surface area contributed by atoms with Crippen molar-refractivity contribution in [2.75, 3.05) is 11.9 Å². The van der Waals surface area contributed by atoms with Crippen molar-refractivity contribution in [3.8, 4) is 0 Å². The molecular formula is C22H21N3O4. The molecule has 7 heteroatoms. The van der Waals surface area contributed by atoms with Gasteiger partial charge in [-0.25, -0.2) is 9.48 Å². The fourth-order valence-electron chi connectivity index (χ4n) is 2.84. The van der Waals surface area contributed by atoms with Crippen LogP contribution in [-0.4, -0.2) is 28.3 Å². The van der Waals surface area contributed by atoms with E-state index in [9.17, 15) is 14.4 Å². The van der Waals surface area contributed by atoms with Crippen LogP contribution >= 0.6 is 0 Å². The molecule has 1 amide bonds. The maximum Gasteiger partial charge on any atom is 0.330 e. The minimum atomic E-state index is -0.408. The summed E-state index contributed by atoms with van der Waals surface area (Å²) in [4.78, 5) is 36.6. The molecule has 0 atom stereocenters. The molecule has 1 aromatic heterocycles. The van der Waals surface area contributed by atoms with Crippen LogP contribution < -0.4 is 10.9 Å². The first kappa shape index (κ1) is 20.0. The lowest BCUT2D eigenvalue weighted by atomic mass is 10.1. The maximum absolute atomic E-state index is 12.8. The van der Waals surface area contributed by atoms with E-state index in [0.717, 1.165) is 5.56 Å². The van der Waals surface area contributed by atoms with E-state index in [4.69, 9.17) is 4.74 Å². The van der Waals surface area contributed by atoms with Gasteiger partial charge in [0.05, 0.1) is 12.0 Å². The third kappa shape index (κ3) is 4.57. The van der Waals surface area contributed by atoms with Gasteiger partial charge in [0, 0.05) is 23.7 Å². The Morgan fingerprint density at radius 1 is 1.07 bits per heavy atom. The largest absolute Gasteiger partial charge is 0.463 e. The fourth-order valence-corrected chi connectivity index (χ4v) is 2.84. The van der Waals surface area contributed by atoms with Crippen molar-refractivity contribution >= 4 is 34.4 Å². The summed E-state index contributed by atoms with van der Waals surface area (Å²) in [6.45, 7) is 4.23. The second-order valence-corrected chi connectivity index (χ2v) is 6.18. The summed E-state index contributed by atoms with van der Waals surface area (Å²) in [6.07, 6.45) is 2.98. The van der Waals surface area contributed by atoms with E-state index in [1.165, 1.54) is 10.8 Å². The molecule has 1 heterocycles. The number of hydrogen-bond acceptors (Lipinski definition) is 5. The Bertz CT molecular complexity index is 1130.